The zero-order chi connectivity index (χ0) is 12.1. The molecule has 0 aliphatic heterocycles. The standard InChI is InChI=1S/C10H11BrClNO3/c11-10-7(12)2-1-3-8(10)13-5-6(14)4-9(15)16/h1-3,6,13-14H,4-5H2,(H,15,16). The molecule has 1 aromatic carbocycles. The SMILES string of the molecule is O=C(O)CC(O)CNc1cccc(Cl)c1Br. The molecule has 0 spiro atoms. The van der Waals surface area contributed by atoms with E-state index in [0.29, 0.717) is 9.50 Å². The summed E-state index contributed by atoms with van der Waals surface area (Å²) in [5, 5.41) is 21.3. The normalized spacial score (nSPS) is 12.2. The van der Waals surface area contributed by atoms with Crippen LogP contribution in [0.5, 0.6) is 0 Å². The third-order valence-electron chi connectivity index (χ3n) is 1.89. The van der Waals surface area contributed by atoms with Crippen LogP contribution in [-0.4, -0.2) is 28.8 Å². The summed E-state index contributed by atoms with van der Waals surface area (Å²) in [7, 11) is 0. The fourth-order valence-electron chi connectivity index (χ4n) is 1.14. The summed E-state index contributed by atoms with van der Waals surface area (Å²) in [6.07, 6.45) is -1.21. The van der Waals surface area contributed by atoms with E-state index in [-0.39, 0.29) is 13.0 Å². The van der Waals surface area contributed by atoms with E-state index in [1.165, 1.54) is 0 Å². The number of anilines is 1. The van der Waals surface area contributed by atoms with Gasteiger partial charge in [0.05, 0.1) is 27.7 Å². The van der Waals surface area contributed by atoms with E-state index in [0.717, 1.165) is 5.69 Å². The predicted molar refractivity (Wildman–Crippen MR) is 65.9 cm³/mol. The summed E-state index contributed by atoms with van der Waals surface area (Å²) in [6.45, 7) is 0.158. The molecule has 0 fully saturated rings. The Morgan fingerprint density at radius 1 is 1.56 bits per heavy atom. The van der Waals surface area contributed by atoms with Gasteiger partial charge in [0, 0.05) is 6.54 Å². The van der Waals surface area contributed by atoms with Crippen molar-refractivity contribution in [2.45, 2.75) is 12.5 Å². The van der Waals surface area contributed by atoms with Gasteiger partial charge in [0.2, 0.25) is 0 Å². The smallest absolute Gasteiger partial charge is 0.306 e. The molecular weight excluding hydrogens is 297 g/mol. The van der Waals surface area contributed by atoms with Gasteiger partial charge in [-0.3, -0.25) is 4.79 Å². The van der Waals surface area contributed by atoms with Crippen LogP contribution in [-0.2, 0) is 4.79 Å². The number of carbonyl (C=O) groups is 1. The lowest BCUT2D eigenvalue weighted by Gasteiger charge is -2.12. The number of hydrogen-bond donors (Lipinski definition) is 3. The van der Waals surface area contributed by atoms with Gasteiger partial charge in [-0.1, -0.05) is 17.7 Å². The zero-order valence-corrected chi connectivity index (χ0v) is 10.6. The number of aliphatic hydroxyl groups excluding tert-OH is 1. The Kier molecular flexibility index (Phi) is 5.05. The molecule has 4 nitrogen and oxygen atoms in total. The average molecular weight is 309 g/mol. The molecule has 0 aliphatic carbocycles. The molecule has 0 aromatic heterocycles. The van der Waals surface area contributed by atoms with Crippen molar-refractivity contribution >= 4 is 39.2 Å². The number of hydrogen-bond acceptors (Lipinski definition) is 3. The molecule has 0 saturated heterocycles. The number of rotatable bonds is 5. The zero-order valence-electron chi connectivity index (χ0n) is 8.28. The predicted octanol–water partition coefficient (Wildman–Crippen LogP) is 2.35. The van der Waals surface area contributed by atoms with Crippen LogP contribution in [0.4, 0.5) is 5.69 Å². The highest BCUT2D eigenvalue weighted by Crippen LogP contribution is 2.29. The molecule has 6 heteroatoms. The Hall–Kier alpha value is -0.780. The van der Waals surface area contributed by atoms with Crippen molar-refractivity contribution in [2.24, 2.45) is 0 Å². The van der Waals surface area contributed by atoms with Crippen molar-refractivity contribution in [1.82, 2.24) is 0 Å². The first kappa shape index (κ1) is 13.3. The van der Waals surface area contributed by atoms with E-state index in [4.69, 9.17) is 16.7 Å². The van der Waals surface area contributed by atoms with Gasteiger partial charge in [0.25, 0.3) is 0 Å². The molecule has 1 rings (SSSR count). The molecule has 0 radical (unpaired) electrons. The highest BCUT2D eigenvalue weighted by molar-refractivity contribution is 9.10. The summed E-state index contributed by atoms with van der Waals surface area (Å²) < 4.78 is 0.694. The second-order valence-corrected chi connectivity index (χ2v) is 4.43. The third-order valence-corrected chi connectivity index (χ3v) is 3.29. The summed E-state index contributed by atoms with van der Waals surface area (Å²) in [5.74, 6) is -1.03. The lowest BCUT2D eigenvalue weighted by atomic mass is 10.2. The molecule has 16 heavy (non-hydrogen) atoms. The van der Waals surface area contributed by atoms with Gasteiger partial charge in [-0.05, 0) is 28.1 Å². The van der Waals surface area contributed by atoms with Gasteiger partial charge in [-0.25, -0.2) is 0 Å². The number of nitrogens with one attached hydrogen (secondary N) is 1. The molecule has 1 aromatic rings. The highest BCUT2D eigenvalue weighted by Gasteiger charge is 2.10. The topological polar surface area (TPSA) is 69.6 Å². The van der Waals surface area contributed by atoms with E-state index in [2.05, 4.69) is 21.2 Å². The molecule has 3 N–H and O–H groups in total. The van der Waals surface area contributed by atoms with E-state index in [1.807, 2.05) is 0 Å². The Bertz CT molecular complexity index is 386. The molecule has 1 atom stereocenters. The van der Waals surface area contributed by atoms with Crippen molar-refractivity contribution in [1.29, 1.82) is 0 Å². The maximum atomic E-state index is 10.3. The van der Waals surface area contributed by atoms with Crippen LogP contribution in [0, 0.1) is 0 Å². The highest BCUT2D eigenvalue weighted by atomic mass is 79.9. The number of aliphatic hydroxyl groups is 1. The molecule has 1 unspecified atom stereocenters. The second kappa shape index (κ2) is 6.08. The van der Waals surface area contributed by atoms with E-state index < -0.39 is 12.1 Å². The average Bonchev–Trinajstić information content (AvgIpc) is 2.19. The number of carboxylic acid groups (broad SMARTS) is 1. The Morgan fingerprint density at radius 3 is 2.88 bits per heavy atom. The van der Waals surface area contributed by atoms with Gasteiger partial charge in [-0.2, -0.15) is 0 Å². The molecule has 0 saturated carbocycles. The van der Waals surface area contributed by atoms with E-state index in [1.54, 1.807) is 18.2 Å². The van der Waals surface area contributed by atoms with Crippen molar-refractivity contribution in [3.8, 4) is 0 Å². The number of aliphatic carboxylic acids is 1. The van der Waals surface area contributed by atoms with Crippen molar-refractivity contribution in [2.75, 3.05) is 11.9 Å². The Morgan fingerprint density at radius 2 is 2.25 bits per heavy atom. The summed E-state index contributed by atoms with van der Waals surface area (Å²) in [5.41, 5.74) is 0.719. The van der Waals surface area contributed by atoms with Crippen LogP contribution in [0.3, 0.4) is 0 Å². The van der Waals surface area contributed by atoms with Gasteiger partial charge < -0.3 is 15.5 Å². The Labute approximate surface area is 106 Å². The number of benzene rings is 1. The number of carboxylic acids is 1. The summed E-state index contributed by atoms with van der Waals surface area (Å²) in [6, 6.07) is 5.27. The minimum Gasteiger partial charge on any atom is -0.481 e. The number of halogens is 2. The molecule has 0 amide bonds. The minimum absolute atomic E-state index is 0.158. The minimum atomic E-state index is -1.03. The maximum Gasteiger partial charge on any atom is 0.306 e. The van der Waals surface area contributed by atoms with Gasteiger partial charge in [0.1, 0.15) is 0 Å². The molecule has 0 aliphatic rings. The maximum absolute atomic E-state index is 10.3. The Balaban J connectivity index is 2.54. The lowest BCUT2D eigenvalue weighted by molar-refractivity contribution is -0.138. The fourth-order valence-corrected chi connectivity index (χ4v) is 1.72. The summed E-state index contributed by atoms with van der Waals surface area (Å²) in [4.78, 5) is 10.3. The molecule has 88 valence electrons. The van der Waals surface area contributed by atoms with Crippen LogP contribution >= 0.6 is 27.5 Å². The summed E-state index contributed by atoms with van der Waals surface area (Å²) >= 11 is 9.16. The van der Waals surface area contributed by atoms with Crippen LogP contribution in [0.15, 0.2) is 22.7 Å². The van der Waals surface area contributed by atoms with E-state index >= 15 is 0 Å². The molecule has 0 heterocycles. The van der Waals surface area contributed by atoms with Crippen LogP contribution in [0.1, 0.15) is 6.42 Å². The first-order chi connectivity index (χ1) is 7.50. The van der Waals surface area contributed by atoms with Crippen LogP contribution < -0.4 is 5.32 Å². The largest absolute Gasteiger partial charge is 0.481 e. The lowest BCUT2D eigenvalue weighted by Crippen LogP contribution is -2.22. The van der Waals surface area contributed by atoms with Crippen molar-refractivity contribution in [3.05, 3.63) is 27.7 Å². The van der Waals surface area contributed by atoms with Crippen molar-refractivity contribution < 1.29 is 15.0 Å². The van der Waals surface area contributed by atoms with Gasteiger partial charge in [0.15, 0.2) is 0 Å². The third kappa shape index (κ3) is 4.00. The molecular formula is C10H11BrClNO3. The van der Waals surface area contributed by atoms with Crippen LogP contribution in [0.2, 0.25) is 5.02 Å². The van der Waals surface area contributed by atoms with E-state index in [9.17, 15) is 9.90 Å². The van der Waals surface area contributed by atoms with Gasteiger partial charge >= 0.3 is 5.97 Å². The fraction of sp³-hybridized carbons (Fsp3) is 0.300. The van der Waals surface area contributed by atoms with Crippen LogP contribution in [0.25, 0.3) is 0 Å². The van der Waals surface area contributed by atoms with Crippen molar-refractivity contribution in [3.63, 3.8) is 0 Å². The van der Waals surface area contributed by atoms with Gasteiger partial charge in [-0.15, -0.1) is 0 Å². The monoisotopic (exact) mass is 307 g/mol. The molecule has 0 bridgehead atoms. The second-order valence-electron chi connectivity index (χ2n) is 3.23. The first-order valence-corrected chi connectivity index (χ1v) is 5.75. The quantitative estimate of drug-likeness (QED) is 0.781. The first-order valence-electron chi connectivity index (χ1n) is 4.58.